The summed E-state index contributed by atoms with van der Waals surface area (Å²) in [6.45, 7) is 5.79. The number of hydrogen-bond acceptors (Lipinski definition) is 3. The molecule has 0 spiro atoms. The highest BCUT2D eigenvalue weighted by Gasteiger charge is 2.26. The van der Waals surface area contributed by atoms with Crippen LogP contribution >= 0.6 is 0 Å². The number of carbonyl (C=O) groups excluding carboxylic acids is 3. The fraction of sp³-hybridized carbons (Fsp3) is 0.800. The molecule has 2 saturated heterocycles. The maximum Gasteiger partial charge on any atom is 0.242 e. The Morgan fingerprint density at radius 1 is 1.05 bits per heavy atom. The zero-order valence-electron chi connectivity index (χ0n) is 12.8. The monoisotopic (exact) mass is 295 g/mol. The Balaban J connectivity index is 1.69. The van der Waals surface area contributed by atoms with Gasteiger partial charge in [0.2, 0.25) is 17.7 Å². The van der Waals surface area contributed by atoms with Gasteiger partial charge in [-0.15, -0.1) is 0 Å². The number of nitrogens with zero attached hydrogens (tertiary/aromatic N) is 3. The first-order valence-electron chi connectivity index (χ1n) is 7.95. The molecular weight excluding hydrogens is 270 g/mol. The summed E-state index contributed by atoms with van der Waals surface area (Å²) >= 11 is 0. The molecule has 118 valence electrons. The highest BCUT2D eigenvalue weighted by Crippen LogP contribution is 2.12. The third-order valence-electron chi connectivity index (χ3n) is 4.15. The maximum atomic E-state index is 12.1. The van der Waals surface area contributed by atoms with Crippen molar-refractivity contribution in [3.8, 4) is 0 Å². The molecule has 0 aromatic rings. The predicted octanol–water partition coefficient (Wildman–Crippen LogP) is 0.470. The van der Waals surface area contributed by atoms with Crippen LogP contribution in [0.15, 0.2) is 0 Å². The van der Waals surface area contributed by atoms with Gasteiger partial charge >= 0.3 is 0 Å². The van der Waals surface area contributed by atoms with Crippen molar-refractivity contribution in [2.75, 3.05) is 39.3 Å². The fourth-order valence-corrected chi connectivity index (χ4v) is 2.95. The Hall–Kier alpha value is -1.59. The van der Waals surface area contributed by atoms with E-state index in [0.29, 0.717) is 38.9 Å². The maximum absolute atomic E-state index is 12.1. The summed E-state index contributed by atoms with van der Waals surface area (Å²) in [6.07, 6.45) is 3.63. The van der Waals surface area contributed by atoms with Crippen molar-refractivity contribution in [2.24, 2.45) is 0 Å². The lowest BCUT2D eigenvalue weighted by atomic mass is 10.2. The van der Waals surface area contributed by atoms with Crippen LogP contribution in [0.4, 0.5) is 0 Å². The van der Waals surface area contributed by atoms with Gasteiger partial charge in [-0.05, 0) is 19.3 Å². The zero-order chi connectivity index (χ0) is 15.2. The Kier molecular flexibility index (Phi) is 5.59. The smallest absolute Gasteiger partial charge is 0.242 e. The third kappa shape index (κ3) is 4.19. The van der Waals surface area contributed by atoms with E-state index >= 15 is 0 Å². The van der Waals surface area contributed by atoms with Gasteiger partial charge in [0.25, 0.3) is 0 Å². The standard InChI is InChI=1S/C15H25N3O3/c1-2-7-16-10-11-18(12-15(16)21)14(20)6-4-9-17-8-3-5-13(17)19/h2-12H2,1H3. The van der Waals surface area contributed by atoms with Gasteiger partial charge in [-0.3, -0.25) is 14.4 Å². The van der Waals surface area contributed by atoms with E-state index in [-0.39, 0.29) is 24.3 Å². The molecule has 0 saturated carbocycles. The molecule has 21 heavy (non-hydrogen) atoms. The molecule has 0 aromatic carbocycles. The van der Waals surface area contributed by atoms with Crippen LogP contribution in [0.3, 0.4) is 0 Å². The molecule has 0 N–H and O–H groups in total. The molecule has 6 heteroatoms. The second-order valence-corrected chi connectivity index (χ2v) is 5.78. The minimum absolute atomic E-state index is 0.0335. The summed E-state index contributed by atoms with van der Waals surface area (Å²) in [5.74, 6) is 0.281. The Morgan fingerprint density at radius 2 is 1.81 bits per heavy atom. The molecule has 0 radical (unpaired) electrons. The van der Waals surface area contributed by atoms with Crippen molar-refractivity contribution in [3.63, 3.8) is 0 Å². The fourth-order valence-electron chi connectivity index (χ4n) is 2.95. The molecule has 2 fully saturated rings. The van der Waals surface area contributed by atoms with Gasteiger partial charge in [0.05, 0.1) is 6.54 Å². The summed E-state index contributed by atoms with van der Waals surface area (Å²) < 4.78 is 0. The van der Waals surface area contributed by atoms with Crippen molar-refractivity contribution in [2.45, 2.75) is 39.0 Å². The summed E-state index contributed by atoms with van der Waals surface area (Å²) in [5.41, 5.74) is 0. The van der Waals surface area contributed by atoms with E-state index in [1.165, 1.54) is 0 Å². The number of piperazine rings is 1. The first kappa shape index (κ1) is 15.8. The second kappa shape index (κ2) is 7.43. The van der Waals surface area contributed by atoms with Crippen LogP contribution in [0, 0.1) is 0 Å². The van der Waals surface area contributed by atoms with Gasteiger partial charge in [-0.1, -0.05) is 6.92 Å². The topological polar surface area (TPSA) is 60.9 Å². The molecule has 6 nitrogen and oxygen atoms in total. The highest BCUT2D eigenvalue weighted by molar-refractivity contribution is 5.86. The van der Waals surface area contributed by atoms with Crippen molar-refractivity contribution in [3.05, 3.63) is 0 Å². The normalized spacial score (nSPS) is 19.6. The average Bonchev–Trinajstić information content (AvgIpc) is 2.87. The zero-order valence-corrected chi connectivity index (χ0v) is 12.8. The van der Waals surface area contributed by atoms with Gasteiger partial charge in [0.1, 0.15) is 0 Å². The van der Waals surface area contributed by atoms with Crippen molar-refractivity contribution < 1.29 is 14.4 Å². The average molecular weight is 295 g/mol. The van der Waals surface area contributed by atoms with Crippen LogP contribution in [0.2, 0.25) is 0 Å². The van der Waals surface area contributed by atoms with E-state index in [4.69, 9.17) is 0 Å². The van der Waals surface area contributed by atoms with E-state index in [1.807, 2.05) is 16.7 Å². The number of likely N-dealkylation sites (tertiary alicyclic amines) is 1. The SMILES string of the molecule is CCCN1CCN(C(=O)CCCN2CCCC2=O)CC1=O. The van der Waals surface area contributed by atoms with Crippen LogP contribution in [0.5, 0.6) is 0 Å². The second-order valence-electron chi connectivity index (χ2n) is 5.78. The molecular formula is C15H25N3O3. The summed E-state index contributed by atoms with van der Waals surface area (Å²) in [7, 11) is 0. The van der Waals surface area contributed by atoms with E-state index in [9.17, 15) is 14.4 Å². The van der Waals surface area contributed by atoms with Crippen LogP contribution in [0.25, 0.3) is 0 Å². The van der Waals surface area contributed by atoms with Crippen LogP contribution in [-0.2, 0) is 14.4 Å². The molecule has 0 aromatic heterocycles. The minimum Gasteiger partial charge on any atom is -0.343 e. The first-order valence-corrected chi connectivity index (χ1v) is 7.95. The summed E-state index contributed by atoms with van der Waals surface area (Å²) in [6, 6.07) is 0. The van der Waals surface area contributed by atoms with E-state index in [2.05, 4.69) is 0 Å². The van der Waals surface area contributed by atoms with E-state index in [1.54, 1.807) is 4.90 Å². The molecule has 2 rings (SSSR count). The van der Waals surface area contributed by atoms with Crippen molar-refractivity contribution in [1.82, 2.24) is 14.7 Å². The molecule has 0 aliphatic carbocycles. The van der Waals surface area contributed by atoms with Gasteiger partial charge in [0.15, 0.2) is 0 Å². The molecule has 2 heterocycles. The highest BCUT2D eigenvalue weighted by atomic mass is 16.2. The Labute approximate surface area is 126 Å². The molecule has 0 atom stereocenters. The number of hydrogen-bond donors (Lipinski definition) is 0. The van der Waals surface area contributed by atoms with Crippen molar-refractivity contribution >= 4 is 17.7 Å². The Bertz CT molecular complexity index is 411. The Morgan fingerprint density at radius 3 is 2.43 bits per heavy atom. The van der Waals surface area contributed by atoms with Crippen LogP contribution < -0.4 is 0 Å². The van der Waals surface area contributed by atoms with Gasteiger partial charge in [-0.25, -0.2) is 0 Å². The van der Waals surface area contributed by atoms with Crippen LogP contribution in [0.1, 0.15) is 39.0 Å². The van der Waals surface area contributed by atoms with Crippen LogP contribution in [-0.4, -0.2) is 71.7 Å². The lowest BCUT2D eigenvalue weighted by molar-refractivity contribution is -0.145. The molecule has 2 aliphatic rings. The first-order chi connectivity index (χ1) is 10.1. The molecule has 0 bridgehead atoms. The number of rotatable bonds is 6. The third-order valence-corrected chi connectivity index (χ3v) is 4.15. The van der Waals surface area contributed by atoms with Gasteiger partial charge in [-0.2, -0.15) is 0 Å². The predicted molar refractivity (Wildman–Crippen MR) is 78.5 cm³/mol. The quantitative estimate of drug-likeness (QED) is 0.715. The molecule has 0 unspecified atom stereocenters. The minimum atomic E-state index is 0.0335. The van der Waals surface area contributed by atoms with E-state index < -0.39 is 0 Å². The summed E-state index contributed by atoms with van der Waals surface area (Å²) in [4.78, 5) is 40.8. The number of amides is 3. The lowest BCUT2D eigenvalue weighted by Gasteiger charge is -2.34. The van der Waals surface area contributed by atoms with Gasteiger partial charge in [0, 0.05) is 45.6 Å². The molecule has 3 amide bonds. The largest absolute Gasteiger partial charge is 0.343 e. The summed E-state index contributed by atoms with van der Waals surface area (Å²) in [5, 5.41) is 0. The van der Waals surface area contributed by atoms with E-state index in [0.717, 1.165) is 25.9 Å². The lowest BCUT2D eigenvalue weighted by Crippen LogP contribution is -2.52. The molecule has 2 aliphatic heterocycles. The van der Waals surface area contributed by atoms with Gasteiger partial charge < -0.3 is 14.7 Å². The number of carbonyl (C=O) groups is 3. The van der Waals surface area contributed by atoms with Crippen molar-refractivity contribution in [1.29, 1.82) is 0 Å².